The van der Waals surface area contributed by atoms with Gasteiger partial charge in [0.1, 0.15) is 11.9 Å². The first-order chi connectivity index (χ1) is 17.0. The summed E-state index contributed by atoms with van der Waals surface area (Å²) in [5.41, 5.74) is 3.40. The quantitative estimate of drug-likeness (QED) is 0.341. The van der Waals surface area contributed by atoms with Crippen molar-refractivity contribution in [3.63, 3.8) is 0 Å². The van der Waals surface area contributed by atoms with E-state index in [-0.39, 0.29) is 17.9 Å². The highest BCUT2D eigenvalue weighted by molar-refractivity contribution is 6.30. The van der Waals surface area contributed by atoms with Crippen LogP contribution in [-0.4, -0.2) is 30.4 Å². The van der Waals surface area contributed by atoms with E-state index in [1.54, 1.807) is 0 Å². The van der Waals surface area contributed by atoms with Gasteiger partial charge in [-0.3, -0.25) is 4.79 Å². The molecule has 0 radical (unpaired) electrons. The molecule has 0 unspecified atom stereocenters. The molecule has 1 amide bonds. The zero-order chi connectivity index (χ0) is 24.6. The van der Waals surface area contributed by atoms with Crippen molar-refractivity contribution >= 4 is 23.2 Å². The predicted octanol–water partition coefficient (Wildman–Crippen LogP) is 7.32. The highest BCUT2D eigenvalue weighted by Crippen LogP contribution is 2.31. The highest BCUT2D eigenvalue weighted by Gasteiger charge is 2.23. The number of anilines is 1. The Morgan fingerprint density at radius 1 is 1.00 bits per heavy atom. The fourth-order valence-electron chi connectivity index (χ4n) is 4.61. The lowest BCUT2D eigenvalue weighted by molar-refractivity contribution is -0.118. The molecule has 5 heteroatoms. The van der Waals surface area contributed by atoms with Gasteiger partial charge in [-0.25, -0.2) is 0 Å². The lowest BCUT2D eigenvalue weighted by atomic mass is 9.89. The Labute approximate surface area is 214 Å². The van der Waals surface area contributed by atoms with Crippen molar-refractivity contribution in [2.45, 2.75) is 45.1 Å². The maximum atomic E-state index is 12.1. The normalized spacial score (nSPS) is 15.7. The van der Waals surface area contributed by atoms with Crippen molar-refractivity contribution in [3.05, 3.63) is 95.0 Å². The van der Waals surface area contributed by atoms with Crippen molar-refractivity contribution in [3.8, 4) is 5.75 Å². The second kappa shape index (κ2) is 12.2. The summed E-state index contributed by atoms with van der Waals surface area (Å²) in [6.45, 7) is 6.93. The Balaban J connectivity index is 1.33. The minimum Gasteiger partial charge on any atom is -0.486 e. The fourth-order valence-corrected chi connectivity index (χ4v) is 4.79. The molecule has 1 saturated heterocycles. The van der Waals surface area contributed by atoms with Crippen molar-refractivity contribution in [2.24, 2.45) is 5.92 Å². The molecule has 3 aromatic carbocycles. The molecule has 1 atom stereocenters. The topological polar surface area (TPSA) is 41.6 Å². The summed E-state index contributed by atoms with van der Waals surface area (Å²) in [5, 5.41) is 3.71. The largest absolute Gasteiger partial charge is 0.486 e. The van der Waals surface area contributed by atoms with E-state index in [9.17, 15) is 4.79 Å². The molecule has 0 bridgehead atoms. The van der Waals surface area contributed by atoms with Gasteiger partial charge in [0, 0.05) is 29.6 Å². The number of likely N-dealkylation sites (tertiary alicyclic amines) is 1. The second-order valence-corrected chi connectivity index (χ2v) is 10.1. The lowest BCUT2D eigenvalue weighted by Gasteiger charge is -2.33. The van der Waals surface area contributed by atoms with E-state index in [2.05, 4.69) is 52.7 Å². The smallest absolute Gasteiger partial charge is 0.226 e. The van der Waals surface area contributed by atoms with E-state index in [1.165, 1.54) is 11.1 Å². The van der Waals surface area contributed by atoms with Crippen LogP contribution in [0.3, 0.4) is 0 Å². The number of hydrogen-bond donors (Lipinski definition) is 1. The number of ether oxygens (including phenoxy) is 1. The average Bonchev–Trinajstić information content (AvgIpc) is 2.87. The van der Waals surface area contributed by atoms with Crippen LogP contribution in [0.1, 0.15) is 56.3 Å². The van der Waals surface area contributed by atoms with E-state index >= 15 is 0 Å². The van der Waals surface area contributed by atoms with Crippen molar-refractivity contribution in [1.82, 2.24) is 4.90 Å². The van der Waals surface area contributed by atoms with Crippen LogP contribution >= 0.6 is 11.6 Å². The first kappa shape index (κ1) is 25.3. The van der Waals surface area contributed by atoms with E-state index in [0.29, 0.717) is 10.9 Å². The number of carbonyl (C=O) groups excluding carboxylic acids is 1. The molecule has 1 heterocycles. The van der Waals surface area contributed by atoms with E-state index in [4.69, 9.17) is 16.3 Å². The van der Waals surface area contributed by atoms with Crippen LogP contribution in [0.15, 0.2) is 78.9 Å². The van der Waals surface area contributed by atoms with Gasteiger partial charge in [-0.05, 0) is 73.3 Å². The monoisotopic (exact) mass is 490 g/mol. The number of halogens is 1. The van der Waals surface area contributed by atoms with E-state index in [0.717, 1.165) is 50.3 Å². The van der Waals surface area contributed by atoms with Crippen molar-refractivity contribution in [2.75, 3.05) is 25.0 Å². The van der Waals surface area contributed by atoms with Crippen LogP contribution in [-0.2, 0) is 4.79 Å². The Kier molecular flexibility index (Phi) is 8.84. The number of nitrogens with zero attached hydrogens (tertiary/aromatic N) is 1. The zero-order valence-electron chi connectivity index (χ0n) is 20.6. The van der Waals surface area contributed by atoms with Crippen molar-refractivity contribution < 1.29 is 9.53 Å². The molecule has 1 N–H and O–H groups in total. The summed E-state index contributed by atoms with van der Waals surface area (Å²) >= 11 is 6.18. The van der Waals surface area contributed by atoms with Gasteiger partial charge in [-0.2, -0.15) is 0 Å². The van der Waals surface area contributed by atoms with Gasteiger partial charge in [-0.15, -0.1) is 0 Å². The van der Waals surface area contributed by atoms with Crippen molar-refractivity contribution in [1.29, 1.82) is 0 Å². The summed E-state index contributed by atoms with van der Waals surface area (Å²) in [6, 6.07) is 26.4. The third-order valence-electron chi connectivity index (χ3n) is 6.69. The van der Waals surface area contributed by atoms with Gasteiger partial charge in [0.2, 0.25) is 5.91 Å². The second-order valence-electron chi connectivity index (χ2n) is 9.65. The van der Waals surface area contributed by atoms with E-state index in [1.807, 2.05) is 50.2 Å². The Hall–Kier alpha value is -2.82. The molecule has 0 aromatic heterocycles. The Bertz CT molecular complexity index is 1090. The summed E-state index contributed by atoms with van der Waals surface area (Å²) in [5.74, 6) is 1.36. The zero-order valence-corrected chi connectivity index (χ0v) is 21.4. The van der Waals surface area contributed by atoms with E-state index < -0.39 is 0 Å². The number of rotatable bonds is 9. The maximum Gasteiger partial charge on any atom is 0.226 e. The molecule has 1 aliphatic heterocycles. The SMILES string of the molecule is CC(C)C(=O)Nc1cccc(C2CCN(CC[C@H](Oc3cccc(Cl)c3)c3ccccc3)CC2)c1. The number of piperidine rings is 1. The lowest BCUT2D eigenvalue weighted by Crippen LogP contribution is -2.34. The average molecular weight is 491 g/mol. The first-order valence-electron chi connectivity index (χ1n) is 12.6. The van der Waals surface area contributed by atoms with Crippen LogP contribution in [0, 0.1) is 5.92 Å². The minimum atomic E-state index is -0.0236. The minimum absolute atomic E-state index is 0.0198. The van der Waals surface area contributed by atoms with Gasteiger partial charge in [0.05, 0.1) is 0 Å². The molecule has 0 saturated carbocycles. The number of hydrogen-bond acceptors (Lipinski definition) is 3. The highest BCUT2D eigenvalue weighted by atomic mass is 35.5. The fraction of sp³-hybridized carbons (Fsp3) is 0.367. The van der Waals surface area contributed by atoms with Gasteiger partial charge < -0.3 is 15.0 Å². The summed E-state index contributed by atoms with van der Waals surface area (Å²) in [4.78, 5) is 14.6. The molecule has 4 rings (SSSR count). The van der Waals surface area contributed by atoms with Crippen LogP contribution in [0.2, 0.25) is 5.02 Å². The molecule has 184 valence electrons. The third-order valence-corrected chi connectivity index (χ3v) is 6.93. The molecule has 1 fully saturated rings. The van der Waals surface area contributed by atoms with Gasteiger partial charge in [-0.1, -0.05) is 74.0 Å². The Morgan fingerprint density at radius 2 is 1.74 bits per heavy atom. The number of amides is 1. The number of benzene rings is 3. The van der Waals surface area contributed by atoms with Gasteiger partial charge in [0.25, 0.3) is 0 Å². The molecular weight excluding hydrogens is 456 g/mol. The predicted molar refractivity (Wildman–Crippen MR) is 144 cm³/mol. The van der Waals surface area contributed by atoms with Crippen LogP contribution < -0.4 is 10.1 Å². The van der Waals surface area contributed by atoms with Crippen LogP contribution in [0.25, 0.3) is 0 Å². The first-order valence-corrected chi connectivity index (χ1v) is 13.0. The Morgan fingerprint density at radius 3 is 2.46 bits per heavy atom. The molecule has 1 aliphatic rings. The van der Waals surface area contributed by atoms with Gasteiger partial charge >= 0.3 is 0 Å². The molecule has 35 heavy (non-hydrogen) atoms. The number of carbonyl (C=O) groups is 1. The van der Waals surface area contributed by atoms with Crippen LogP contribution in [0.4, 0.5) is 5.69 Å². The molecule has 4 nitrogen and oxygen atoms in total. The summed E-state index contributed by atoms with van der Waals surface area (Å²) < 4.78 is 6.38. The third kappa shape index (κ3) is 7.33. The maximum absolute atomic E-state index is 12.1. The van der Waals surface area contributed by atoms with Gasteiger partial charge in [0.15, 0.2) is 0 Å². The summed E-state index contributed by atoms with van der Waals surface area (Å²) in [6.07, 6.45) is 3.13. The van der Waals surface area contributed by atoms with Crippen LogP contribution in [0.5, 0.6) is 5.75 Å². The summed E-state index contributed by atoms with van der Waals surface area (Å²) in [7, 11) is 0. The standard InChI is InChI=1S/C30H35ClN2O2/c1-22(2)30(34)32-27-12-6-10-25(20-27)23-14-17-33(18-15-23)19-16-29(24-8-4-3-5-9-24)35-28-13-7-11-26(31)21-28/h3-13,20-23,29H,14-19H2,1-2H3,(H,32,34)/t29-/m0/s1. The molecule has 0 spiro atoms. The number of nitrogens with one attached hydrogen (secondary N) is 1. The molecule has 3 aromatic rings. The molecule has 0 aliphatic carbocycles. The molecular formula is C30H35ClN2O2.